The average molecular weight is 307 g/mol. The maximum absolute atomic E-state index is 13.6. The maximum atomic E-state index is 13.6. The van der Waals surface area contributed by atoms with Crippen molar-refractivity contribution >= 4 is 11.6 Å². The first kappa shape index (κ1) is 15.2. The van der Waals surface area contributed by atoms with E-state index in [4.69, 9.17) is 4.74 Å². The SMILES string of the molecule is O=C(NCc1cc(F)ccc1N1CCOCC1)C1CCCN1. The van der Waals surface area contributed by atoms with Crippen LogP contribution >= 0.6 is 0 Å². The highest BCUT2D eigenvalue weighted by atomic mass is 19.1. The summed E-state index contributed by atoms with van der Waals surface area (Å²) in [5, 5.41) is 6.09. The minimum Gasteiger partial charge on any atom is -0.378 e. The zero-order valence-corrected chi connectivity index (χ0v) is 12.6. The van der Waals surface area contributed by atoms with Crippen molar-refractivity contribution in [2.24, 2.45) is 0 Å². The summed E-state index contributed by atoms with van der Waals surface area (Å²) < 4.78 is 18.9. The number of hydrogen-bond donors (Lipinski definition) is 2. The van der Waals surface area contributed by atoms with E-state index in [0.29, 0.717) is 19.8 Å². The third-order valence-electron chi connectivity index (χ3n) is 4.22. The molecule has 2 saturated heterocycles. The van der Waals surface area contributed by atoms with E-state index in [2.05, 4.69) is 15.5 Å². The van der Waals surface area contributed by atoms with E-state index >= 15 is 0 Å². The third-order valence-corrected chi connectivity index (χ3v) is 4.22. The van der Waals surface area contributed by atoms with E-state index in [1.807, 2.05) is 0 Å². The zero-order chi connectivity index (χ0) is 15.4. The molecule has 1 aromatic carbocycles. The van der Waals surface area contributed by atoms with Gasteiger partial charge in [-0.05, 0) is 43.1 Å². The number of morpholine rings is 1. The number of nitrogens with one attached hydrogen (secondary N) is 2. The van der Waals surface area contributed by atoms with Crippen LogP contribution < -0.4 is 15.5 Å². The smallest absolute Gasteiger partial charge is 0.237 e. The van der Waals surface area contributed by atoms with Crippen LogP contribution in [0.1, 0.15) is 18.4 Å². The third kappa shape index (κ3) is 3.56. The van der Waals surface area contributed by atoms with Gasteiger partial charge in [-0.2, -0.15) is 0 Å². The standard InChI is InChI=1S/C16H22FN3O2/c17-13-3-4-15(20-6-8-22-9-7-20)12(10-13)11-19-16(21)14-2-1-5-18-14/h3-4,10,14,18H,1-2,5-9,11H2,(H,19,21). The Morgan fingerprint density at radius 3 is 2.95 bits per heavy atom. The van der Waals surface area contributed by atoms with Crippen LogP contribution in [0.2, 0.25) is 0 Å². The first-order valence-corrected chi connectivity index (χ1v) is 7.86. The number of amides is 1. The van der Waals surface area contributed by atoms with Gasteiger partial charge in [-0.3, -0.25) is 4.79 Å². The molecule has 5 nitrogen and oxygen atoms in total. The number of hydrogen-bond acceptors (Lipinski definition) is 4. The van der Waals surface area contributed by atoms with Gasteiger partial charge < -0.3 is 20.3 Å². The highest BCUT2D eigenvalue weighted by molar-refractivity contribution is 5.82. The average Bonchev–Trinajstić information content (AvgIpc) is 3.08. The van der Waals surface area contributed by atoms with Crippen LogP contribution in [-0.2, 0) is 16.1 Å². The van der Waals surface area contributed by atoms with Crippen LogP contribution in [-0.4, -0.2) is 44.8 Å². The summed E-state index contributed by atoms with van der Waals surface area (Å²) in [6, 6.07) is 4.65. The van der Waals surface area contributed by atoms with Gasteiger partial charge in [-0.1, -0.05) is 0 Å². The van der Waals surface area contributed by atoms with Gasteiger partial charge in [0.2, 0.25) is 5.91 Å². The molecular formula is C16H22FN3O2. The van der Waals surface area contributed by atoms with Crippen molar-refractivity contribution in [2.45, 2.75) is 25.4 Å². The van der Waals surface area contributed by atoms with Crippen LogP contribution in [0, 0.1) is 5.82 Å². The Kier molecular flexibility index (Phi) is 4.90. The van der Waals surface area contributed by atoms with Crippen molar-refractivity contribution in [1.29, 1.82) is 0 Å². The van der Waals surface area contributed by atoms with E-state index in [1.54, 1.807) is 6.07 Å². The number of benzene rings is 1. The first-order valence-electron chi connectivity index (χ1n) is 7.86. The van der Waals surface area contributed by atoms with Gasteiger partial charge in [0.1, 0.15) is 5.82 Å². The Morgan fingerprint density at radius 2 is 2.23 bits per heavy atom. The van der Waals surface area contributed by atoms with Gasteiger partial charge in [0.25, 0.3) is 0 Å². The molecule has 1 unspecified atom stereocenters. The summed E-state index contributed by atoms with van der Waals surface area (Å²) in [6.45, 7) is 4.16. The number of anilines is 1. The number of nitrogens with zero attached hydrogens (tertiary/aromatic N) is 1. The molecule has 0 aliphatic carbocycles. The van der Waals surface area contributed by atoms with Crippen LogP contribution in [0.3, 0.4) is 0 Å². The molecule has 2 fully saturated rings. The Hall–Kier alpha value is -1.66. The van der Waals surface area contributed by atoms with Crippen molar-refractivity contribution in [3.8, 4) is 0 Å². The molecule has 0 aromatic heterocycles. The molecule has 0 radical (unpaired) electrons. The fourth-order valence-electron chi connectivity index (χ4n) is 3.02. The minimum absolute atomic E-state index is 0.00492. The summed E-state index contributed by atoms with van der Waals surface area (Å²) in [7, 11) is 0. The molecule has 2 aliphatic rings. The topological polar surface area (TPSA) is 53.6 Å². The minimum atomic E-state index is -0.278. The molecule has 1 atom stereocenters. The predicted molar refractivity (Wildman–Crippen MR) is 82.3 cm³/mol. The van der Waals surface area contributed by atoms with E-state index in [0.717, 1.165) is 43.7 Å². The molecule has 0 saturated carbocycles. The van der Waals surface area contributed by atoms with Crippen molar-refractivity contribution in [1.82, 2.24) is 10.6 Å². The lowest BCUT2D eigenvalue weighted by atomic mass is 10.1. The van der Waals surface area contributed by atoms with Crippen molar-refractivity contribution in [2.75, 3.05) is 37.7 Å². The monoisotopic (exact) mass is 307 g/mol. The van der Waals surface area contributed by atoms with Crippen LogP contribution in [0.15, 0.2) is 18.2 Å². The lowest BCUT2D eigenvalue weighted by Crippen LogP contribution is -2.41. The summed E-state index contributed by atoms with van der Waals surface area (Å²) in [5.74, 6) is -0.282. The maximum Gasteiger partial charge on any atom is 0.237 e. The largest absolute Gasteiger partial charge is 0.378 e. The molecule has 1 aromatic rings. The molecule has 2 heterocycles. The van der Waals surface area contributed by atoms with Gasteiger partial charge in [0.15, 0.2) is 0 Å². The van der Waals surface area contributed by atoms with Crippen LogP contribution in [0.5, 0.6) is 0 Å². The van der Waals surface area contributed by atoms with Gasteiger partial charge in [0.05, 0.1) is 19.3 Å². The van der Waals surface area contributed by atoms with E-state index in [-0.39, 0.29) is 17.8 Å². The molecule has 0 spiro atoms. The predicted octanol–water partition coefficient (Wildman–Crippen LogP) is 1.03. The number of carbonyl (C=O) groups excluding carboxylic acids is 1. The molecule has 120 valence electrons. The highest BCUT2D eigenvalue weighted by Gasteiger charge is 2.22. The lowest BCUT2D eigenvalue weighted by Gasteiger charge is -2.30. The van der Waals surface area contributed by atoms with E-state index in [1.165, 1.54) is 12.1 Å². The van der Waals surface area contributed by atoms with Crippen LogP contribution in [0.4, 0.5) is 10.1 Å². The Bertz CT molecular complexity index is 526. The quantitative estimate of drug-likeness (QED) is 0.872. The van der Waals surface area contributed by atoms with E-state index < -0.39 is 0 Å². The fourth-order valence-corrected chi connectivity index (χ4v) is 3.02. The second kappa shape index (κ2) is 7.07. The molecular weight excluding hydrogens is 285 g/mol. The second-order valence-corrected chi connectivity index (χ2v) is 5.74. The number of rotatable bonds is 4. The molecule has 6 heteroatoms. The van der Waals surface area contributed by atoms with Gasteiger partial charge in [-0.25, -0.2) is 4.39 Å². The molecule has 22 heavy (non-hydrogen) atoms. The number of ether oxygens (including phenoxy) is 1. The van der Waals surface area contributed by atoms with Gasteiger partial charge in [0, 0.05) is 25.3 Å². The molecule has 0 bridgehead atoms. The number of carbonyl (C=O) groups is 1. The molecule has 1 amide bonds. The fraction of sp³-hybridized carbons (Fsp3) is 0.562. The Balaban J connectivity index is 1.68. The van der Waals surface area contributed by atoms with Gasteiger partial charge in [-0.15, -0.1) is 0 Å². The lowest BCUT2D eigenvalue weighted by molar-refractivity contribution is -0.122. The Morgan fingerprint density at radius 1 is 1.41 bits per heavy atom. The summed E-state index contributed by atoms with van der Waals surface area (Å²) in [5.41, 5.74) is 1.79. The van der Waals surface area contributed by atoms with Crippen LogP contribution in [0.25, 0.3) is 0 Å². The second-order valence-electron chi connectivity index (χ2n) is 5.74. The molecule has 2 aliphatic heterocycles. The summed E-state index contributed by atoms with van der Waals surface area (Å²) in [6.07, 6.45) is 1.89. The normalized spacial score (nSPS) is 21.9. The number of halogens is 1. The van der Waals surface area contributed by atoms with Gasteiger partial charge >= 0.3 is 0 Å². The van der Waals surface area contributed by atoms with Crippen molar-refractivity contribution in [3.63, 3.8) is 0 Å². The summed E-state index contributed by atoms with van der Waals surface area (Å²) in [4.78, 5) is 14.3. The summed E-state index contributed by atoms with van der Waals surface area (Å²) >= 11 is 0. The van der Waals surface area contributed by atoms with Crippen molar-refractivity contribution in [3.05, 3.63) is 29.6 Å². The molecule has 2 N–H and O–H groups in total. The zero-order valence-electron chi connectivity index (χ0n) is 12.6. The first-order chi connectivity index (χ1) is 10.7. The molecule has 3 rings (SSSR count). The van der Waals surface area contributed by atoms with Crippen molar-refractivity contribution < 1.29 is 13.9 Å². The van der Waals surface area contributed by atoms with E-state index in [9.17, 15) is 9.18 Å². The Labute approximate surface area is 129 Å². The highest BCUT2D eigenvalue weighted by Crippen LogP contribution is 2.23.